The van der Waals surface area contributed by atoms with Crippen LogP contribution >= 0.6 is 0 Å². The third-order valence-electron chi connectivity index (χ3n) is 8.66. The van der Waals surface area contributed by atoms with Crippen molar-refractivity contribution in [2.24, 2.45) is 0 Å². The summed E-state index contributed by atoms with van der Waals surface area (Å²) in [4.78, 5) is 36.8. The van der Waals surface area contributed by atoms with E-state index in [1.54, 1.807) is 36.4 Å². The summed E-state index contributed by atoms with van der Waals surface area (Å²) in [6, 6.07) is 36.5. The number of carbonyl (C=O) groups excluding carboxylic acids is 3. The number of esters is 2. The maximum Gasteiger partial charge on any atom is 0.519 e. The molecule has 7 nitrogen and oxygen atoms in total. The second-order valence-corrected chi connectivity index (χ2v) is 12.6. The Morgan fingerprint density at radius 1 is 0.438 bits per heavy atom. The smallest absolute Gasteiger partial charge is 0.465 e. The molecular weight excluding hydrogens is 604 g/mol. The minimum Gasteiger partial charge on any atom is -0.465 e. The predicted molar refractivity (Wildman–Crippen MR) is 184 cm³/mol. The van der Waals surface area contributed by atoms with Crippen molar-refractivity contribution < 1.29 is 33.3 Å². The van der Waals surface area contributed by atoms with Gasteiger partial charge >= 0.3 is 18.1 Å². The summed E-state index contributed by atoms with van der Waals surface area (Å²) >= 11 is 0. The fourth-order valence-corrected chi connectivity index (χ4v) is 5.36. The van der Waals surface area contributed by atoms with Crippen molar-refractivity contribution in [2.75, 3.05) is 7.11 Å². The molecule has 244 valence electrons. The summed E-state index contributed by atoms with van der Waals surface area (Å²) in [5.41, 5.74) is 5.55. The van der Waals surface area contributed by atoms with Crippen LogP contribution in [0.2, 0.25) is 0 Å². The van der Waals surface area contributed by atoms with E-state index in [0.29, 0.717) is 28.4 Å². The first-order valence-electron chi connectivity index (χ1n) is 15.6. The van der Waals surface area contributed by atoms with Gasteiger partial charge in [-0.3, -0.25) is 0 Å². The molecule has 5 rings (SSSR count). The molecule has 0 bridgehead atoms. The van der Waals surface area contributed by atoms with Crippen LogP contribution in [0.3, 0.4) is 0 Å². The number of hydrogen-bond acceptors (Lipinski definition) is 7. The lowest BCUT2D eigenvalue weighted by Crippen LogP contribution is -2.19. The van der Waals surface area contributed by atoms with Gasteiger partial charge in [0.05, 0.1) is 18.2 Å². The number of carbonyl (C=O) groups is 3. The number of benzene rings is 5. The predicted octanol–water partition coefficient (Wildman–Crippen LogP) is 9.23. The number of methoxy groups -OCH3 is 1. The molecule has 0 saturated carbocycles. The first kappa shape index (κ1) is 33.7. The van der Waals surface area contributed by atoms with E-state index >= 15 is 0 Å². The van der Waals surface area contributed by atoms with Gasteiger partial charge in [0.15, 0.2) is 0 Å². The Balaban J connectivity index is 1.17. The molecule has 0 spiro atoms. The van der Waals surface area contributed by atoms with Gasteiger partial charge in [0.2, 0.25) is 0 Å². The maximum atomic E-state index is 12.6. The van der Waals surface area contributed by atoms with Gasteiger partial charge in [-0.25, -0.2) is 14.4 Å². The molecule has 0 radical (unpaired) electrons. The molecule has 0 fully saturated rings. The van der Waals surface area contributed by atoms with Gasteiger partial charge in [0, 0.05) is 10.8 Å². The average molecular weight is 643 g/mol. The molecule has 0 aliphatic carbocycles. The minimum atomic E-state index is -0.822. The quantitative estimate of drug-likeness (QED) is 0.0900. The number of rotatable bonds is 9. The lowest BCUT2D eigenvalue weighted by atomic mass is 9.78. The first-order valence-corrected chi connectivity index (χ1v) is 15.6. The SMILES string of the molecule is COC(=O)c1ccc(C(=O)Oc2ccc(C(C)(C)c3ccc(OC(=O)Oc4ccc(C(C)(C)c5ccc(C)cc5)cc4)cc3)cc2)cc1. The van der Waals surface area contributed by atoms with Gasteiger partial charge in [0.1, 0.15) is 17.2 Å². The topological polar surface area (TPSA) is 88.1 Å². The van der Waals surface area contributed by atoms with Crippen molar-refractivity contribution in [1.82, 2.24) is 0 Å². The summed E-state index contributed by atoms with van der Waals surface area (Å²) in [7, 11) is 1.30. The molecule has 0 aliphatic heterocycles. The lowest BCUT2D eigenvalue weighted by molar-refractivity contribution is 0.0599. The minimum absolute atomic E-state index is 0.209. The molecule has 0 amide bonds. The van der Waals surface area contributed by atoms with Crippen LogP contribution in [0.4, 0.5) is 4.79 Å². The van der Waals surface area contributed by atoms with Crippen molar-refractivity contribution in [3.8, 4) is 17.2 Å². The van der Waals surface area contributed by atoms with E-state index < -0.39 is 23.5 Å². The van der Waals surface area contributed by atoms with E-state index in [-0.39, 0.29) is 5.41 Å². The molecule has 0 saturated heterocycles. The molecule has 0 aliphatic rings. The van der Waals surface area contributed by atoms with Crippen LogP contribution in [0.5, 0.6) is 17.2 Å². The molecule has 0 heterocycles. The Morgan fingerprint density at radius 2 is 0.750 bits per heavy atom. The average Bonchev–Trinajstić information content (AvgIpc) is 3.09. The third-order valence-corrected chi connectivity index (χ3v) is 8.66. The monoisotopic (exact) mass is 642 g/mol. The Labute approximate surface area is 281 Å². The normalized spacial score (nSPS) is 11.4. The molecular formula is C41H38O7. The van der Waals surface area contributed by atoms with Crippen LogP contribution < -0.4 is 14.2 Å². The highest BCUT2D eigenvalue weighted by molar-refractivity contribution is 5.94. The van der Waals surface area contributed by atoms with Gasteiger partial charge in [-0.2, -0.15) is 0 Å². The first-order chi connectivity index (χ1) is 22.9. The van der Waals surface area contributed by atoms with E-state index in [1.165, 1.54) is 42.5 Å². The van der Waals surface area contributed by atoms with Crippen LogP contribution in [0.25, 0.3) is 0 Å². The van der Waals surface area contributed by atoms with E-state index in [0.717, 1.165) is 16.7 Å². The fraction of sp³-hybridized carbons (Fsp3) is 0.195. The molecule has 5 aromatic carbocycles. The zero-order chi connectivity index (χ0) is 34.5. The highest BCUT2D eigenvalue weighted by atomic mass is 16.7. The van der Waals surface area contributed by atoms with Gasteiger partial charge in [-0.05, 0) is 89.8 Å². The Hall–Kier alpha value is -5.69. The van der Waals surface area contributed by atoms with Gasteiger partial charge in [0.25, 0.3) is 0 Å². The van der Waals surface area contributed by atoms with Crippen molar-refractivity contribution in [3.05, 3.63) is 160 Å². The largest absolute Gasteiger partial charge is 0.519 e. The summed E-state index contributed by atoms with van der Waals surface area (Å²) in [5, 5.41) is 0. The molecule has 5 aromatic rings. The van der Waals surface area contributed by atoms with E-state index in [1.807, 2.05) is 36.4 Å². The Morgan fingerprint density at radius 3 is 1.10 bits per heavy atom. The van der Waals surface area contributed by atoms with Crippen LogP contribution in [0, 0.1) is 6.92 Å². The van der Waals surface area contributed by atoms with Crippen molar-refractivity contribution >= 4 is 18.1 Å². The van der Waals surface area contributed by atoms with E-state index in [9.17, 15) is 14.4 Å². The molecule has 0 aromatic heterocycles. The Bertz CT molecular complexity index is 1890. The lowest BCUT2D eigenvalue weighted by Gasteiger charge is -2.26. The second-order valence-electron chi connectivity index (χ2n) is 12.6. The summed E-state index contributed by atoms with van der Waals surface area (Å²) in [5.74, 6) is 0.133. The summed E-state index contributed by atoms with van der Waals surface area (Å²) < 4.78 is 21.1. The molecule has 0 N–H and O–H groups in total. The Kier molecular flexibility index (Phi) is 9.80. The number of hydrogen-bond donors (Lipinski definition) is 0. The zero-order valence-electron chi connectivity index (χ0n) is 27.9. The number of aryl methyl sites for hydroxylation is 1. The molecule has 0 atom stereocenters. The molecule has 48 heavy (non-hydrogen) atoms. The summed E-state index contributed by atoms with van der Waals surface area (Å²) in [6.45, 7) is 10.5. The van der Waals surface area contributed by atoms with E-state index in [2.05, 4.69) is 63.6 Å². The van der Waals surface area contributed by atoms with Crippen LogP contribution in [-0.2, 0) is 15.6 Å². The van der Waals surface area contributed by atoms with Crippen LogP contribution in [-0.4, -0.2) is 25.2 Å². The fourth-order valence-electron chi connectivity index (χ4n) is 5.36. The van der Waals surface area contributed by atoms with Crippen LogP contribution in [0.15, 0.2) is 121 Å². The van der Waals surface area contributed by atoms with Crippen molar-refractivity contribution in [1.29, 1.82) is 0 Å². The van der Waals surface area contributed by atoms with Crippen molar-refractivity contribution in [3.63, 3.8) is 0 Å². The van der Waals surface area contributed by atoms with Gasteiger partial charge in [-0.1, -0.05) is 93.9 Å². The maximum absolute atomic E-state index is 12.6. The highest BCUT2D eigenvalue weighted by Crippen LogP contribution is 2.34. The van der Waals surface area contributed by atoms with Crippen molar-refractivity contribution in [2.45, 2.75) is 45.4 Å². The van der Waals surface area contributed by atoms with Crippen LogP contribution in [0.1, 0.15) is 76.2 Å². The standard InChI is InChI=1S/C41H38O7/c1-27-7-13-30(14-8-27)40(2,3)32-17-23-35(24-18-32)47-39(44)48-36-25-19-33(20-26-36)41(4,5)31-15-21-34(22-16-31)46-38(43)29-11-9-28(10-12-29)37(42)45-6/h7-26H,1-6H3. The van der Waals surface area contributed by atoms with Gasteiger partial charge < -0.3 is 18.9 Å². The second kappa shape index (κ2) is 14.0. The third kappa shape index (κ3) is 7.64. The number of ether oxygens (including phenoxy) is 4. The summed E-state index contributed by atoms with van der Waals surface area (Å²) in [6.07, 6.45) is -0.822. The molecule has 7 heteroatoms. The van der Waals surface area contributed by atoms with E-state index in [4.69, 9.17) is 14.2 Å². The van der Waals surface area contributed by atoms with Gasteiger partial charge in [-0.15, -0.1) is 0 Å². The molecule has 0 unspecified atom stereocenters. The zero-order valence-corrected chi connectivity index (χ0v) is 27.9. The highest BCUT2D eigenvalue weighted by Gasteiger charge is 2.25.